The Morgan fingerprint density at radius 3 is 0.624 bits per heavy atom. The number of pyridine rings is 4. The van der Waals surface area contributed by atoms with Crippen LogP contribution < -0.4 is 0 Å². The Hall–Kier alpha value is -8.53. The van der Waals surface area contributed by atoms with E-state index in [1.807, 2.05) is 119 Å². The molecule has 0 aliphatic carbocycles. The number of aromatic nitrogens is 4. The summed E-state index contributed by atoms with van der Waals surface area (Å²) in [5.74, 6) is 0.893. The van der Waals surface area contributed by atoms with E-state index in [0.29, 0.717) is 45.0 Å². The predicted octanol–water partition coefficient (Wildman–Crippen LogP) is 23.4. The van der Waals surface area contributed by atoms with Gasteiger partial charge in [0.2, 0.25) is 0 Å². The van der Waals surface area contributed by atoms with Crippen molar-refractivity contribution in [3.63, 3.8) is 0 Å². The first-order chi connectivity index (χ1) is 43.8. The van der Waals surface area contributed by atoms with Crippen LogP contribution in [-0.4, -0.2) is 40.4 Å². The minimum Gasteiger partial charge on any atom is -0.507 e. The van der Waals surface area contributed by atoms with Crippen molar-refractivity contribution in [2.45, 2.75) is 105 Å². The number of phenols is 4. The molecular weight excluding hydrogens is 1270 g/mol. The Balaban J connectivity index is 0.000000188. The molecule has 0 aliphatic rings. The van der Waals surface area contributed by atoms with Crippen molar-refractivity contribution in [1.29, 1.82) is 0 Å². The fraction of sp³-hybridized carbons (Fsp3) is 0.200. The average molecular weight is 1340 g/mol. The summed E-state index contributed by atoms with van der Waals surface area (Å²) in [6.07, 6.45) is 0. The van der Waals surface area contributed by atoms with E-state index in [1.165, 1.54) is 0 Å². The summed E-state index contributed by atoms with van der Waals surface area (Å²) in [6.45, 7) is 26.2. The smallest absolute Gasteiger partial charge is 0.133 e. The van der Waals surface area contributed by atoms with Crippen LogP contribution in [0.1, 0.15) is 107 Å². The molecule has 471 valence electrons. The van der Waals surface area contributed by atoms with Crippen LogP contribution in [0.3, 0.4) is 0 Å². The van der Waals surface area contributed by atoms with Gasteiger partial charge < -0.3 is 20.4 Å². The summed E-state index contributed by atoms with van der Waals surface area (Å²) in [7, 11) is 0. The average Bonchev–Trinajstić information content (AvgIpc) is 1.21. The molecule has 0 atom stereocenters. The molecule has 0 saturated heterocycles. The first-order valence-corrected chi connectivity index (χ1v) is 34.4. The first-order valence-electron chi connectivity index (χ1n) is 30.8. The Bertz CT molecular complexity index is 4490. The van der Waals surface area contributed by atoms with Crippen molar-refractivity contribution in [2.24, 2.45) is 0 Å². The largest absolute Gasteiger partial charge is 0.507 e. The SMILES string of the molecule is CC(C)(C)c1cc(-c2ccc3ccc4ccc(-c5cc(C(C)(C)C)cc(-c6cccs6)c5O)nc4c3n2)c(O)c(-c2cccs2)c1.CC(C)(C)c1cc(-c2ccc3ccc4ccc(-c5cc(C(C)(C)C)cc(-c6cccs6)c5O)nc4c3n2)c(O)c(-c2cccs2)c1.[3HH].[Co]. The minimum absolute atomic E-state index is 0. The molecule has 93 heavy (non-hydrogen) atoms. The van der Waals surface area contributed by atoms with Crippen LogP contribution in [0.4, 0.5) is 0 Å². The molecule has 8 aromatic heterocycles. The molecule has 0 saturated carbocycles. The van der Waals surface area contributed by atoms with E-state index in [4.69, 9.17) is 19.9 Å². The molecule has 14 rings (SSSR count). The molecule has 4 N–H and O–H groups in total. The molecule has 1 radical (unpaired) electrons. The summed E-state index contributed by atoms with van der Waals surface area (Å²) in [4.78, 5) is 24.8. The van der Waals surface area contributed by atoms with Crippen LogP contribution in [0.25, 0.3) is 130 Å². The molecule has 13 heteroatoms. The topological polar surface area (TPSA) is 132 Å². The van der Waals surface area contributed by atoms with E-state index >= 15 is 0 Å². The minimum atomic E-state index is -0.125. The van der Waals surface area contributed by atoms with E-state index in [1.54, 1.807) is 45.3 Å². The van der Waals surface area contributed by atoms with Crippen LogP contribution >= 0.6 is 45.3 Å². The van der Waals surface area contributed by atoms with Gasteiger partial charge in [-0.15, -0.1) is 45.3 Å². The quantitative estimate of drug-likeness (QED) is 0.111. The number of aromatic hydroxyl groups is 4. The zero-order valence-corrected chi connectivity index (χ0v) is 58.3. The van der Waals surface area contributed by atoms with Gasteiger partial charge in [0.05, 0.1) is 44.8 Å². The Morgan fingerprint density at radius 1 is 0.269 bits per heavy atom. The van der Waals surface area contributed by atoms with Crippen LogP contribution in [0, 0.1) is 0 Å². The van der Waals surface area contributed by atoms with Crippen molar-refractivity contribution in [1.82, 2.24) is 19.9 Å². The Labute approximate surface area is 571 Å². The number of rotatable bonds is 8. The van der Waals surface area contributed by atoms with Crippen molar-refractivity contribution in [3.8, 4) is 110 Å². The van der Waals surface area contributed by atoms with E-state index in [9.17, 15) is 20.4 Å². The Kier molecular flexibility index (Phi) is 17.2. The van der Waals surface area contributed by atoms with E-state index in [-0.39, 0.29) is 62.9 Å². The molecule has 8 heterocycles. The van der Waals surface area contributed by atoms with Crippen LogP contribution in [0.15, 0.2) is 191 Å². The van der Waals surface area contributed by atoms with E-state index in [2.05, 4.69) is 156 Å². The third kappa shape index (κ3) is 12.6. The van der Waals surface area contributed by atoms with Gasteiger partial charge in [0.25, 0.3) is 0 Å². The Morgan fingerprint density at radius 2 is 0.452 bits per heavy atom. The predicted molar refractivity (Wildman–Crippen MR) is 393 cm³/mol. The second-order valence-corrected chi connectivity index (χ2v) is 31.6. The van der Waals surface area contributed by atoms with Crippen molar-refractivity contribution in [3.05, 3.63) is 214 Å². The van der Waals surface area contributed by atoms with Gasteiger partial charge in [0.15, 0.2) is 0 Å². The van der Waals surface area contributed by atoms with Crippen molar-refractivity contribution >= 4 is 89.0 Å². The second-order valence-electron chi connectivity index (χ2n) is 27.8. The van der Waals surface area contributed by atoms with Crippen LogP contribution in [0.2, 0.25) is 0 Å². The number of phenolic OH excluding ortho intramolecular Hbond substituents is 4. The van der Waals surface area contributed by atoms with Crippen LogP contribution in [-0.2, 0) is 38.4 Å². The van der Waals surface area contributed by atoms with Gasteiger partial charge in [0, 0.05) is 104 Å². The van der Waals surface area contributed by atoms with Gasteiger partial charge in [-0.3, -0.25) is 0 Å². The summed E-state index contributed by atoms with van der Waals surface area (Å²) >= 11 is 6.44. The van der Waals surface area contributed by atoms with Gasteiger partial charge in [-0.2, -0.15) is 0 Å². The maximum atomic E-state index is 11.6. The zero-order chi connectivity index (χ0) is 64.8. The van der Waals surface area contributed by atoms with Gasteiger partial charge in [-0.1, -0.05) is 156 Å². The summed E-state index contributed by atoms with van der Waals surface area (Å²) in [6, 6.07) is 57.1. The molecule has 0 amide bonds. The van der Waals surface area contributed by atoms with Gasteiger partial charge in [-0.25, -0.2) is 19.9 Å². The molecule has 0 unspecified atom stereocenters. The van der Waals surface area contributed by atoms with E-state index in [0.717, 1.165) is 108 Å². The summed E-state index contributed by atoms with van der Waals surface area (Å²) in [5.41, 5.74) is 15.8. The molecule has 0 bridgehead atoms. The first kappa shape index (κ1) is 64.6. The molecule has 14 aromatic rings. The standard InChI is InChI=1S/2C40H36N2O2S2.Co.H2/c2*1-39(2,3)25-19-27(37(43)29(21-25)33-9-7-17-45-33)31-15-13-23-11-12-24-14-16-32(42-36(24)35(23)41-31)28-20-26(40(4,5)6)22-30(38(28)44)34-10-8-18-46-34;;/h2*7-22,43-44H,1-6H3;;1H/i;;;1+2. The molecule has 0 fully saturated rings. The van der Waals surface area contributed by atoms with Crippen LogP contribution in [0.5, 0.6) is 23.0 Å². The molecule has 0 spiro atoms. The molecular formula is C80H74CoN4O4S4. The fourth-order valence-electron chi connectivity index (χ4n) is 11.7. The molecule has 6 aromatic carbocycles. The summed E-state index contributed by atoms with van der Waals surface area (Å²) in [5, 5.41) is 58.5. The molecule has 0 aliphatic heterocycles. The van der Waals surface area contributed by atoms with E-state index < -0.39 is 0 Å². The van der Waals surface area contributed by atoms with Gasteiger partial charge in [-0.05, 0) is 162 Å². The number of nitrogens with zero attached hydrogens (tertiary/aromatic N) is 4. The fourth-order valence-corrected chi connectivity index (χ4v) is 14.6. The van der Waals surface area contributed by atoms with Gasteiger partial charge in [0.1, 0.15) is 23.0 Å². The zero-order valence-electron chi connectivity index (χ0n) is 54.0. The number of hydrogen-bond donors (Lipinski definition) is 4. The third-order valence-corrected chi connectivity index (χ3v) is 20.8. The maximum absolute atomic E-state index is 11.6. The number of fused-ring (bicyclic) bond motifs is 6. The van der Waals surface area contributed by atoms with Crippen molar-refractivity contribution in [2.75, 3.05) is 0 Å². The van der Waals surface area contributed by atoms with Gasteiger partial charge >= 0.3 is 0 Å². The normalized spacial score (nSPS) is 12.2. The molecule has 8 nitrogen and oxygen atoms in total. The third-order valence-electron chi connectivity index (χ3n) is 17.2. The number of thiophene rings is 4. The number of benzene rings is 6. The maximum Gasteiger partial charge on any atom is 0.133 e. The van der Waals surface area contributed by atoms with Crippen molar-refractivity contribution < 1.29 is 38.6 Å². The summed E-state index contributed by atoms with van der Waals surface area (Å²) < 4.78 is 0. The second kappa shape index (κ2) is 24.7. The monoisotopic (exact) mass is 1340 g/mol. The number of hydrogen-bond acceptors (Lipinski definition) is 12.